The normalized spacial score (nSPS) is 12.4. The molecule has 1 atom stereocenters. The molecule has 0 saturated carbocycles. The SMILES string of the molecule is CCCOc1ccc(C(O)c2c(Br)nnn2C)cc1. The van der Waals surface area contributed by atoms with Crippen LogP contribution in [0.5, 0.6) is 5.75 Å². The summed E-state index contributed by atoms with van der Waals surface area (Å²) in [5.74, 6) is 0.806. The number of hydrogen-bond acceptors (Lipinski definition) is 4. The fraction of sp³-hybridized carbons (Fsp3) is 0.385. The van der Waals surface area contributed by atoms with E-state index < -0.39 is 6.10 Å². The van der Waals surface area contributed by atoms with E-state index in [1.165, 1.54) is 0 Å². The van der Waals surface area contributed by atoms with Crippen molar-refractivity contribution in [3.8, 4) is 5.75 Å². The second-order valence-electron chi connectivity index (χ2n) is 4.21. The van der Waals surface area contributed by atoms with Gasteiger partial charge in [0, 0.05) is 7.05 Å². The van der Waals surface area contributed by atoms with Gasteiger partial charge in [-0.3, -0.25) is 0 Å². The zero-order chi connectivity index (χ0) is 13.8. The number of aliphatic hydroxyl groups excluding tert-OH is 1. The number of aromatic nitrogens is 3. The van der Waals surface area contributed by atoms with Gasteiger partial charge in [0.25, 0.3) is 0 Å². The lowest BCUT2D eigenvalue weighted by atomic mass is 10.1. The molecule has 0 amide bonds. The molecule has 2 rings (SSSR count). The van der Waals surface area contributed by atoms with Crippen LogP contribution in [0.25, 0.3) is 0 Å². The van der Waals surface area contributed by atoms with Crippen molar-refractivity contribution in [2.75, 3.05) is 6.61 Å². The average Bonchev–Trinajstić information content (AvgIpc) is 2.76. The number of aryl methyl sites for hydroxylation is 1. The summed E-state index contributed by atoms with van der Waals surface area (Å²) in [4.78, 5) is 0. The van der Waals surface area contributed by atoms with Crippen LogP contribution >= 0.6 is 15.9 Å². The molecule has 0 bridgehead atoms. The Kier molecular flexibility index (Phi) is 4.55. The topological polar surface area (TPSA) is 60.2 Å². The largest absolute Gasteiger partial charge is 0.494 e. The van der Waals surface area contributed by atoms with Crippen LogP contribution < -0.4 is 4.74 Å². The predicted octanol–water partition coefficient (Wildman–Crippen LogP) is 2.45. The van der Waals surface area contributed by atoms with Crippen molar-refractivity contribution in [2.24, 2.45) is 7.05 Å². The molecule has 0 saturated heterocycles. The van der Waals surface area contributed by atoms with Crippen LogP contribution in [-0.4, -0.2) is 26.7 Å². The molecule has 0 fully saturated rings. The minimum atomic E-state index is -0.769. The highest BCUT2D eigenvalue weighted by molar-refractivity contribution is 9.10. The van der Waals surface area contributed by atoms with Gasteiger partial charge in [0.1, 0.15) is 17.5 Å². The number of hydrogen-bond donors (Lipinski definition) is 1. The molecule has 102 valence electrons. The van der Waals surface area contributed by atoms with E-state index in [9.17, 15) is 5.11 Å². The highest BCUT2D eigenvalue weighted by atomic mass is 79.9. The maximum Gasteiger partial charge on any atom is 0.154 e. The Labute approximate surface area is 120 Å². The highest BCUT2D eigenvalue weighted by Crippen LogP contribution is 2.27. The molecule has 5 nitrogen and oxygen atoms in total. The fourth-order valence-electron chi connectivity index (χ4n) is 1.75. The number of ether oxygens (including phenoxy) is 1. The third-order valence-corrected chi connectivity index (χ3v) is 3.32. The van der Waals surface area contributed by atoms with E-state index in [0.29, 0.717) is 16.9 Å². The van der Waals surface area contributed by atoms with Gasteiger partial charge >= 0.3 is 0 Å². The first-order valence-electron chi connectivity index (χ1n) is 6.09. The monoisotopic (exact) mass is 325 g/mol. The molecule has 1 heterocycles. The number of rotatable bonds is 5. The Hall–Kier alpha value is -1.40. The van der Waals surface area contributed by atoms with Crippen LogP contribution in [0.1, 0.15) is 30.7 Å². The Balaban J connectivity index is 2.18. The van der Waals surface area contributed by atoms with Gasteiger partial charge < -0.3 is 9.84 Å². The summed E-state index contributed by atoms with van der Waals surface area (Å²) >= 11 is 3.28. The standard InChI is InChI=1S/C13H16BrN3O2/c1-3-8-19-10-6-4-9(5-7-10)12(18)11-13(14)15-16-17(11)2/h4-7,12,18H,3,8H2,1-2H3. The van der Waals surface area contributed by atoms with Crippen LogP contribution in [0, 0.1) is 0 Å². The van der Waals surface area contributed by atoms with E-state index in [1.54, 1.807) is 11.7 Å². The number of aliphatic hydroxyl groups is 1. The summed E-state index contributed by atoms with van der Waals surface area (Å²) in [6.45, 7) is 2.75. The highest BCUT2D eigenvalue weighted by Gasteiger charge is 2.19. The third-order valence-electron chi connectivity index (χ3n) is 2.75. The number of halogens is 1. The van der Waals surface area contributed by atoms with Gasteiger partial charge in [0.2, 0.25) is 0 Å². The van der Waals surface area contributed by atoms with Crippen LogP contribution in [0.4, 0.5) is 0 Å². The molecule has 0 aliphatic carbocycles. The maximum atomic E-state index is 10.3. The molecule has 1 aromatic carbocycles. The van der Waals surface area contributed by atoms with Crippen molar-refractivity contribution in [1.82, 2.24) is 15.0 Å². The fourth-order valence-corrected chi connectivity index (χ4v) is 2.30. The molecular weight excluding hydrogens is 310 g/mol. The first kappa shape index (κ1) is 14.0. The van der Waals surface area contributed by atoms with Gasteiger partial charge in [-0.15, -0.1) is 5.10 Å². The lowest BCUT2D eigenvalue weighted by Crippen LogP contribution is -2.07. The zero-order valence-corrected chi connectivity index (χ0v) is 12.5. The molecule has 0 aliphatic rings. The first-order valence-corrected chi connectivity index (χ1v) is 6.88. The van der Waals surface area contributed by atoms with Gasteiger partial charge in [-0.05, 0) is 40.0 Å². The number of nitrogens with zero attached hydrogens (tertiary/aromatic N) is 3. The van der Waals surface area contributed by atoms with Crippen molar-refractivity contribution >= 4 is 15.9 Å². The molecule has 1 unspecified atom stereocenters. The van der Waals surface area contributed by atoms with E-state index in [1.807, 2.05) is 24.3 Å². The average molecular weight is 326 g/mol. The van der Waals surface area contributed by atoms with Gasteiger partial charge in [-0.25, -0.2) is 4.68 Å². The van der Waals surface area contributed by atoms with Crippen molar-refractivity contribution in [2.45, 2.75) is 19.4 Å². The lowest BCUT2D eigenvalue weighted by Gasteiger charge is -2.12. The Morgan fingerprint density at radius 2 is 2.05 bits per heavy atom. The predicted molar refractivity (Wildman–Crippen MR) is 75.0 cm³/mol. The van der Waals surface area contributed by atoms with E-state index in [-0.39, 0.29) is 0 Å². The van der Waals surface area contributed by atoms with E-state index in [0.717, 1.165) is 17.7 Å². The summed E-state index contributed by atoms with van der Waals surface area (Å²) < 4.78 is 7.61. The Morgan fingerprint density at radius 3 is 2.58 bits per heavy atom. The Bertz CT molecular complexity index is 520. The van der Waals surface area contributed by atoms with Gasteiger partial charge in [0.15, 0.2) is 4.60 Å². The summed E-state index contributed by atoms with van der Waals surface area (Å²) in [7, 11) is 1.75. The molecule has 0 aliphatic heterocycles. The zero-order valence-electron chi connectivity index (χ0n) is 10.9. The van der Waals surface area contributed by atoms with Crippen LogP contribution in [0.15, 0.2) is 28.9 Å². The summed E-state index contributed by atoms with van der Waals surface area (Å²) in [5.41, 5.74) is 1.40. The van der Waals surface area contributed by atoms with Crippen LogP contribution in [0.3, 0.4) is 0 Å². The quantitative estimate of drug-likeness (QED) is 0.917. The molecule has 6 heteroatoms. The summed E-state index contributed by atoms with van der Waals surface area (Å²) in [5, 5.41) is 18.1. The second-order valence-corrected chi connectivity index (χ2v) is 4.96. The molecule has 0 spiro atoms. The molecule has 0 radical (unpaired) electrons. The second kappa shape index (κ2) is 6.16. The van der Waals surface area contributed by atoms with Crippen molar-refractivity contribution in [3.63, 3.8) is 0 Å². The van der Waals surface area contributed by atoms with Gasteiger partial charge in [-0.2, -0.15) is 0 Å². The summed E-state index contributed by atoms with van der Waals surface area (Å²) in [6.07, 6.45) is 0.201. The van der Waals surface area contributed by atoms with Gasteiger partial charge in [-0.1, -0.05) is 24.3 Å². The smallest absolute Gasteiger partial charge is 0.154 e. The Morgan fingerprint density at radius 1 is 1.37 bits per heavy atom. The van der Waals surface area contributed by atoms with E-state index in [2.05, 4.69) is 33.2 Å². The molecule has 1 N–H and O–H groups in total. The van der Waals surface area contributed by atoms with Crippen LogP contribution in [-0.2, 0) is 7.05 Å². The number of benzene rings is 1. The molecule has 1 aromatic heterocycles. The van der Waals surface area contributed by atoms with Crippen molar-refractivity contribution < 1.29 is 9.84 Å². The van der Waals surface area contributed by atoms with Crippen molar-refractivity contribution in [1.29, 1.82) is 0 Å². The summed E-state index contributed by atoms with van der Waals surface area (Å²) in [6, 6.07) is 7.39. The minimum absolute atomic E-state index is 0.550. The molecule has 2 aromatic rings. The van der Waals surface area contributed by atoms with E-state index in [4.69, 9.17) is 4.74 Å². The third kappa shape index (κ3) is 3.13. The molecule has 19 heavy (non-hydrogen) atoms. The van der Waals surface area contributed by atoms with E-state index >= 15 is 0 Å². The maximum absolute atomic E-state index is 10.3. The van der Waals surface area contributed by atoms with Gasteiger partial charge in [0.05, 0.1) is 6.61 Å². The lowest BCUT2D eigenvalue weighted by molar-refractivity contribution is 0.208. The van der Waals surface area contributed by atoms with Crippen molar-refractivity contribution in [3.05, 3.63) is 40.1 Å². The first-order chi connectivity index (χ1) is 9.13. The minimum Gasteiger partial charge on any atom is -0.494 e. The molecular formula is C13H16BrN3O2. The van der Waals surface area contributed by atoms with Crippen LogP contribution in [0.2, 0.25) is 0 Å².